The minimum absolute atomic E-state index is 0.0216. The standard InChI is InChI=1S/C32H30O15/c1-42-22-8-15(9-23(43-2)27(22)38)31-24(12-17-19(35)10-16(33)11-21(17)45-31)46-32-30(41)29(40)28(39)25(47-32)13-44-26(37)6-4-14-3-5-18(34)20(36)7-14/h3-12,25,28-30,32,34-36,38-41H,13H2,1-2H3/t25-,28-,29+,30-,32-/m1/s1. The molecule has 0 aromatic heterocycles. The van der Waals surface area contributed by atoms with Crippen molar-refractivity contribution in [2.75, 3.05) is 20.8 Å². The third-order valence-electron chi connectivity index (χ3n) is 7.26. The Labute approximate surface area is 265 Å². The number of methoxy groups -OCH3 is 2. The van der Waals surface area contributed by atoms with Crippen LogP contribution >= 0.6 is 0 Å². The van der Waals surface area contributed by atoms with E-state index in [9.17, 15) is 45.3 Å². The number of hydrogen-bond donors (Lipinski definition) is 7. The number of esters is 1. The van der Waals surface area contributed by atoms with E-state index in [1.165, 1.54) is 56.7 Å². The average molecular weight is 655 g/mol. The van der Waals surface area contributed by atoms with E-state index in [1.807, 2.05) is 0 Å². The first-order chi connectivity index (χ1) is 22.4. The Morgan fingerprint density at radius 3 is 2.19 bits per heavy atom. The van der Waals surface area contributed by atoms with Gasteiger partial charge in [0.2, 0.25) is 12.0 Å². The first kappa shape index (κ1) is 32.9. The predicted octanol–water partition coefficient (Wildman–Crippen LogP) is 1.69. The number of phenolic OH excluding ortho intramolecular Hbond substituents is 4. The summed E-state index contributed by atoms with van der Waals surface area (Å²) in [4.78, 5) is 24.5. The molecule has 3 aliphatic rings. The molecule has 0 bridgehead atoms. The van der Waals surface area contributed by atoms with Crippen molar-refractivity contribution in [3.8, 4) is 62.9 Å². The number of ether oxygens (including phenoxy) is 5. The molecule has 0 saturated carbocycles. The zero-order valence-corrected chi connectivity index (χ0v) is 24.8. The number of aliphatic hydroxyl groups is 3. The predicted molar refractivity (Wildman–Crippen MR) is 161 cm³/mol. The Bertz CT molecular complexity index is 1800. The van der Waals surface area contributed by atoms with E-state index in [0.717, 1.165) is 18.2 Å². The van der Waals surface area contributed by atoms with Crippen molar-refractivity contribution in [3.63, 3.8) is 0 Å². The van der Waals surface area contributed by atoms with E-state index in [1.54, 1.807) is 0 Å². The largest absolute Gasteiger partial charge is 0.507 e. The van der Waals surface area contributed by atoms with Crippen molar-refractivity contribution in [1.82, 2.24) is 0 Å². The molecular formula is C32H30O15. The van der Waals surface area contributed by atoms with Gasteiger partial charge in [0.1, 0.15) is 42.5 Å². The van der Waals surface area contributed by atoms with Gasteiger partial charge in [0.05, 0.1) is 19.8 Å². The smallest absolute Gasteiger partial charge is 0.330 e. The number of rotatable bonds is 9. The van der Waals surface area contributed by atoms with Gasteiger partial charge in [-0.15, -0.1) is 0 Å². The monoisotopic (exact) mass is 654 g/mol. The molecular weight excluding hydrogens is 624 g/mol. The van der Waals surface area contributed by atoms with Crippen LogP contribution in [0.3, 0.4) is 0 Å². The van der Waals surface area contributed by atoms with E-state index >= 15 is 0 Å². The fraction of sp³-hybridized carbons (Fsp3) is 0.250. The van der Waals surface area contributed by atoms with Crippen LogP contribution in [0.5, 0.6) is 40.2 Å². The number of fused-ring (bicyclic) bond motifs is 1. The summed E-state index contributed by atoms with van der Waals surface area (Å²) in [6.45, 7) is -0.594. The van der Waals surface area contributed by atoms with Crippen LogP contribution in [-0.2, 0) is 14.3 Å². The van der Waals surface area contributed by atoms with E-state index in [2.05, 4.69) is 0 Å². The second-order valence-electron chi connectivity index (χ2n) is 10.4. The molecule has 2 aromatic rings. The van der Waals surface area contributed by atoms with Crippen LogP contribution in [0.4, 0.5) is 0 Å². The van der Waals surface area contributed by atoms with Crippen molar-refractivity contribution < 1.29 is 68.6 Å². The van der Waals surface area contributed by atoms with Gasteiger partial charge >= 0.3 is 5.97 Å². The summed E-state index contributed by atoms with van der Waals surface area (Å²) >= 11 is 0. The Balaban J connectivity index is 1.44. The van der Waals surface area contributed by atoms with Crippen LogP contribution in [0.25, 0.3) is 28.7 Å². The van der Waals surface area contributed by atoms with Gasteiger partial charge in [-0.25, -0.2) is 4.79 Å². The van der Waals surface area contributed by atoms with Crippen LogP contribution < -0.4 is 19.6 Å². The fourth-order valence-corrected chi connectivity index (χ4v) is 4.78. The molecule has 47 heavy (non-hydrogen) atoms. The minimum atomic E-state index is -1.84. The molecule has 0 radical (unpaired) electrons. The molecule has 1 fully saturated rings. The lowest BCUT2D eigenvalue weighted by Gasteiger charge is -2.40. The average Bonchev–Trinajstić information content (AvgIpc) is 3.05. The molecule has 0 amide bonds. The summed E-state index contributed by atoms with van der Waals surface area (Å²) in [5.41, 5.74) is 0.0347. The maximum Gasteiger partial charge on any atom is 0.330 e. The number of aliphatic hydroxyl groups excluding tert-OH is 3. The molecule has 0 unspecified atom stereocenters. The summed E-state index contributed by atoms with van der Waals surface area (Å²) in [5.74, 6) is -2.78. The van der Waals surface area contributed by atoms with Crippen molar-refractivity contribution in [2.45, 2.75) is 30.7 Å². The highest BCUT2D eigenvalue weighted by Crippen LogP contribution is 2.46. The first-order valence-corrected chi connectivity index (χ1v) is 13.9. The number of phenols is 4. The third kappa shape index (κ3) is 6.87. The summed E-state index contributed by atoms with van der Waals surface area (Å²) in [6.07, 6.45) is -6.19. The van der Waals surface area contributed by atoms with E-state index in [4.69, 9.17) is 28.1 Å². The fourth-order valence-electron chi connectivity index (χ4n) is 4.78. The van der Waals surface area contributed by atoms with E-state index in [-0.39, 0.29) is 51.4 Å². The highest BCUT2D eigenvalue weighted by Gasteiger charge is 2.46. The van der Waals surface area contributed by atoms with Crippen molar-refractivity contribution >= 4 is 12.0 Å². The van der Waals surface area contributed by atoms with Gasteiger partial charge in [-0.1, -0.05) is 6.07 Å². The van der Waals surface area contributed by atoms with Crippen molar-refractivity contribution in [3.05, 3.63) is 70.4 Å². The second kappa shape index (κ2) is 13.5. The van der Waals surface area contributed by atoms with Gasteiger partial charge in [-0.2, -0.15) is 0 Å². The minimum Gasteiger partial charge on any atom is -0.507 e. The number of aromatic hydroxyl groups is 4. The van der Waals surface area contributed by atoms with Gasteiger partial charge in [-0.3, -0.25) is 4.79 Å². The zero-order valence-electron chi connectivity index (χ0n) is 24.8. The topological polar surface area (TPSA) is 235 Å². The van der Waals surface area contributed by atoms with Crippen LogP contribution in [0.1, 0.15) is 5.56 Å². The normalized spacial score (nSPS) is 21.1. The Kier molecular flexibility index (Phi) is 9.44. The maximum atomic E-state index is 12.3. The number of benzene rings is 3. The van der Waals surface area contributed by atoms with Gasteiger partial charge in [0, 0.05) is 23.8 Å². The molecule has 15 nitrogen and oxygen atoms in total. The number of hydrogen-bond acceptors (Lipinski definition) is 15. The molecule has 15 heteroatoms. The lowest BCUT2D eigenvalue weighted by molar-refractivity contribution is -0.278. The van der Waals surface area contributed by atoms with Gasteiger partial charge in [0.25, 0.3) is 0 Å². The number of carbonyl (C=O) groups is 1. The molecule has 2 aliphatic heterocycles. The molecule has 5 atom stereocenters. The highest BCUT2D eigenvalue weighted by atomic mass is 16.7. The molecule has 2 aromatic carbocycles. The molecule has 1 saturated heterocycles. The van der Waals surface area contributed by atoms with E-state index < -0.39 is 60.2 Å². The van der Waals surface area contributed by atoms with Crippen molar-refractivity contribution in [1.29, 1.82) is 0 Å². The third-order valence-corrected chi connectivity index (χ3v) is 7.26. The summed E-state index contributed by atoms with van der Waals surface area (Å²) in [6, 6.07) is 9.95. The molecule has 248 valence electrons. The molecule has 5 rings (SSSR count). The van der Waals surface area contributed by atoms with Crippen molar-refractivity contribution in [2.24, 2.45) is 0 Å². The molecule has 2 heterocycles. The van der Waals surface area contributed by atoms with Crippen LogP contribution in [0.2, 0.25) is 0 Å². The number of carbonyl (C=O) groups excluding carboxylic acids is 1. The lowest BCUT2D eigenvalue weighted by Crippen LogP contribution is -2.60. The zero-order chi connectivity index (χ0) is 34.0. The van der Waals surface area contributed by atoms with Gasteiger partial charge in [-0.05, 0) is 42.0 Å². The SMILES string of the molecule is COc1cc(-c2oc3cc(=O)cc(O)c-3cc2O[C@@H]2O[C@H](COC(=O)C=Cc3ccc(O)c(O)c3)[C@@H](O)[C@H](O)[C@H]2O)cc(OC)c1O. The lowest BCUT2D eigenvalue weighted by atomic mass is 9.99. The Morgan fingerprint density at radius 2 is 1.53 bits per heavy atom. The van der Waals surface area contributed by atoms with E-state index in [0.29, 0.717) is 5.56 Å². The maximum absolute atomic E-state index is 12.3. The summed E-state index contributed by atoms with van der Waals surface area (Å²) in [7, 11) is 2.60. The summed E-state index contributed by atoms with van der Waals surface area (Å²) < 4.78 is 33.2. The van der Waals surface area contributed by atoms with Crippen LogP contribution in [0.15, 0.2) is 63.8 Å². The highest BCUT2D eigenvalue weighted by molar-refractivity contribution is 5.87. The second-order valence-corrected chi connectivity index (χ2v) is 10.4. The summed E-state index contributed by atoms with van der Waals surface area (Å²) in [5, 5.41) is 71.8. The molecule has 0 spiro atoms. The molecule has 7 N–H and O–H groups in total. The molecule has 1 aliphatic carbocycles. The van der Waals surface area contributed by atoms with Crippen LogP contribution in [0, 0.1) is 0 Å². The quantitative estimate of drug-likeness (QED) is 0.0773. The van der Waals surface area contributed by atoms with Crippen LogP contribution in [-0.4, -0.2) is 93.2 Å². The van der Waals surface area contributed by atoms with Gasteiger partial charge < -0.3 is 63.8 Å². The Morgan fingerprint density at radius 1 is 0.830 bits per heavy atom. The van der Waals surface area contributed by atoms with Gasteiger partial charge in [0.15, 0.2) is 39.9 Å². The Hall–Kier alpha value is -5.48. The first-order valence-electron chi connectivity index (χ1n) is 13.9.